The third-order valence-corrected chi connectivity index (χ3v) is 10.3. The molecule has 0 saturated heterocycles. The van der Waals surface area contributed by atoms with Crippen LogP contribution in [0.1, 0.15) is 5.56 Å². The molecule has 8 aromatic carbocycles. The largest absolute Gasteiger partial charge is 0.376 e. The molecule has 2 aliphatic rings. The minimum atomic E-state index is 0.0163. The van der Waals surface area contributed by atoms with Crippen LogP contribution in [0.25, 0.3) is 65.3 Å². The number of para-hydroxylation sites is 2. The summed E-state index contributed by atoms with van der Waals surface area (Å²) >= 11 is 0. The van der Waals surface area contributed by atoms with Crippen LogP contribution in [0.5, 0.6) is 0 Å². The fraction of sp³-hybridized carbons (Fsp3) is 0.0222. The maximum absolute atomic E-state index is 2.58. The van der Waals surface area contributed by atoms with E-state index in [-0.39, 0.29) is 6.85 Å². The lowest BCUT2D eigenvalue weighted by atomic mass is 9.41. The van der Waals surface area contributed by atoms with E-state index < -0.39 is 0 Å². The van der Waals surface area contributed by atoms with Crippen LogP contribution >= 0.6 is 0 Å². The topological polar surface area (TPSA) is 3.24 Å². The van der Waals surface area contributed by atoms with Crippen LogP contribution < -0.4 is 15.7 Å². The Labute approximate surface area is 274 Å². The van der Waals surface area contributed by atoms with Crippen LogP contribution in [-0.2, 0) is 0 Å². The van der Waals surface area contributed by atoms with Crippen molar-refractivity contribution in [3.63, 3.8) is 0 Å². The van der Waals surface area contributed by atoms with Crippen molar-refractivity contribution in [2.45, 2.75) is 6.92 Å². The molecule has 0 fully saturated rings. The van der Waals surface area contributed by atoms with E-state index in [9.17, 15) is 0 Å². The lowest BCUT2D eigenvalue weighted by Gasteiger charge is -2.42. The van der Waals surface area contributed by atoms with Gasteiger partial charge in [0.25, 0.3) is 0 Å². The molecule has 8 aromatic rings. The van der Waals surface area contributed by atoms with Crippen molar-refractivity contribution in [2.75, 3.05) is 4.81 Å². The van der Waals surface area contributed by atoms with Crippen molar-refractivity contribution in [3.8, 4) is 22.3 Å². The standard InChI is InChI=1S/C45H30BN/c1-29-26-40-37-22-11-12-25-43(37)47(31-15-3-2-4-16-31)46-42-24-13-23-38-36-21-10-9-20-35(36)34-19-8-7-18-33(34)32-17-6-5-14-30(32)28-39(44(38)42)41(27-29)45(40)46/h2-28H,1H3. The molecule has 2 heterocycles. The van der Waals surface area contributed by atoms with Crippen LogP contribution in [0.15, 0.2) is 164 Å². The van der Waals surface area contributed by atoms with E-state index in [1.807, 2.05) is 0 Å². The van der Waals surface area contributed by atoms with E-state index in [0.29, 0.717) is 0 Å². The maximum Gasteiger partial charge on any atom is 0.330 e. The molecule has 0 N–H and O–H groups in total. The number of anilines is 2. The minimum Gasteiger partial charge on any atom is -0.376 e. The summed E-state index contributed by atoms with van der Waals surface area (Å²) < 4.78 is 0. The molecular formula is C45H30BN. The lowest BCUT2D eigenvalue weighted by Crippen LogP contribution is -2.59. The van der Waals surface area contributed by atoms with Gasteiger partial charge in [0.05, 0.1) is 0 Å². The molecule has 10 rings (SSSR count). The Morgan fingerprint density at radius 3 is 1.72 bits per heavy atom. The van der Waals surface area contributed by atoms with Crippen LogP contribution in [0, 0.1) is 6.92 Å². The van der Waals surface area contributed by atoms with Gasteiger partial charge in [-0.25, -0.2) is 0 Å². The van der Waals surface area contributed by atoms with Gasteiger partial charge in [0.1, 0.15) is 0 Å². The van der Waals surface area contributed by atoms with Gasteiger partial charge in [-0.15, -0.1) is 0 Å². The average Bonchev–Trinajstić information content (AvgIpc) is 3.13. The Bertz CT molecular complexity index is 2660. The van der Waals surface area contributed by atoms with Crippen molar-refractivity contribution in [2.24, 2.45) is 0 Å². The summed E-state index contributed by atoms with van der Waals surface area (Å²) in [7, 11) is 0. The van der Waals surface area contributed by atoms with Crippen LogP contribution in [0.2, 0.25) is 0 Å². The number of rotatable bonds is 1. The lowest BCUT2D eigenvalue weighted by molar-refractivity contribution is 1.35. The van der Waals surface area contributed by atoms with Gasteiger partial charge in [0, 0.05) is 16.9 Å². The molecule has 1 nitrogen and oxygen atoms in total. The Morgan fingerprint density at radius 2 is 0.979 bits per heavy atom. The summed E-state index contributed by atoms with van der Waals surface area (Å²) in [5, 5.41) is 10.1. The van der Waals surface area contributed by atoms with Gasteiger partial charge in [0.15, 0.2) is 0 Å². The van der Waals surface area contributed by atoms with Crippen LogP contribution in [0.4, 0.5) is 11.4 Å². The number of benzene rings is 7. The minimum absolute atomic E-state index is 0.0163. The van der Waals surface area contributed by atoms with E-state index >= 15 is 0 Å². The first-order chi connectivity index (χ1) is 23.3. The highest BCUT2D eigenvalue weighted by molar-refractivity contribution is 6.94. The molecule has 218 valence electrons. The van der Waals surface area contributed by atoms with E-state index in [1.165, 1.54) is 93.2 Å². The maximum atomic E-state index is 2.58. The summed E-state index contributed by atoms with van der Waals surface area (Å²) in [4.78, 5) is 2.58. The predicted octanol–water partition coefficient (Wildman–Crippen LogP) is 10.6. The molecule has 0 spiro atoms. The van der Waals surface area contributed by atoms with Crippen LogP contribution in [0.3, 0.4) is 0 Å². The fourth-order valence-electron chi connectivity index (χ4n) is 8.43. The molecule has 47 heavy (non-hydrogen) atoms. The van der Waals surface area contributed by atoms with Gasteiger partial charge in [0.2, 0.25) is 0 Å². The fourth-order valence-corrected chi connectivity index (χ4v) is 8.43. The third-order valence-electron chi connectivity index (χ3n) is 10.3. The van der Waals surface area contributed by atoms with Gasteiger partial charge in [-0.2, -0.15) is 0 Å². The summed E-state index contributed by atoms with van der Waals surface area (Å²) in [5.74, 6) is 0. The molecule has 0 aromatic heterocycles. The number of fused-ring (bicyclic) bond motifs is 10. The van der Waals surface area contributed by atoms with Gasteiger partial charge in [-0.1, -0.05) is 140 Å². The number of hydrogen-bond acceptors (Lipinski definition) is 1. The van der Waals surface area contributed by atoms with Gasteiger partial charge in [-0.05, 0) is 107 Å². The second-order valence-electron chi connectivity index (χ2n) is 12.9. The Balaban J connectivity index is 1.50. The Morgan fingerprint density at radius 1 is 0.426 bits per heavy atom. The van der Waals surface area contributed by atoms with E-state index in [2.05, 4.69) is 176 Å². The van der Waals surface area contributed by atoms with Crippen molar-refractivity contribution >= 4 is 72.2 Å². The van der Waals surface area contributed by atoms with Gasteiger partial charge < -0.3 is 4.81 Å². The molecule has 2 aliphatic heterocycles. The van der Waals surface area contributed by atoms with E-state index in [1.54, 1.807) is 0 Å². The Kier molecular flexibility index (Phi) is 5.65. The average molecular weight is 596 g/mol. The molecule has 0 saturated carbocycles. The Hall–Kier alpha value is -5.86. The van der Waals surface area contributed by atoms with Crippen molar-refractivity contribution in [1.82, 2.24) is 0 Å². The van der Waals surface area contributed by atoms with Crippen molar-refractivity contribution in [3.05, 3.63) is 169 Å². The third kappa shape index (κ3) is 3.79. The number of nitrogens with zero attached hydrogens (tertiary/aromatic N) is 1. The summed E-state index contributed by atoms with van der Waals surface area (Å²) in [6.07, 6.45) is 0. The molecular weight excluding hydrogens is 565 g/mol. The molecule has 0 radical (unpaired) electrons. The zero-order chi connectivity index (χ0) is 31.1. The zero-order valence-corrected chi connectivity index (χ0v) is 26.1. The van der Waals surface area contributed by atoms with Gasteiger partial charge in [-0.3, -0.25) is 0 Å². The monoisotopic (exact) mass is 595 g/mol. The number of aryl methyl sites for hydroxylation is 1. The predicted molar refractivity (Wildman–Crippen MR) is 203 cm³/mol. The van der Waals surface area contributed by atoms with Crippen molar-refractivity contribution < 1.29 is 0 Å². The van der Waals surface area contributed by atoms with E-state index in [4.69, 9.17) is 0 Å². The second-order valence-corrected chi connectivity index (χ2v) is 12.9. The summed E-state index contributed by atoms with van der Waals surface area (Å²) in [6, 6.07) is 61.0. The molecule has 0 unspecified atom stereocenters. The first-order valence-corrected chi connectivity index (χ1v) is 16.5. The molecule has 2 heteroatoms. The van der Waals surface area contributed by atoms with E-state index in [0.717, 1.165) is 0 Å². The molecule has 0 atom stereocenters. The molecule has 0 aliphatic carbocycles. The first-order valence-electron chi connectivity index (χ1n) is 16.5. The summed E-state index contributed by atoms with van der Waals surface area (Å²) in [6.45, 7) is 2.27. The second kappa shape index (κ2) is 10.1. The quantitative estimate of drug-likeness (QED) is 0.171. The van der Waals surface area contributed by atoms with Crippen molar-refractivity contribution in [1.29, 1.82) is 0 Å². The first kappa shape index (κ1) is 26.4. The summed E-state index contributed by atoms with van der Waals surface area (Å²) in [5.41, 5.74) is 11.7. The van der Waals surface area contributed by atoms with Gasteiger partial charge >= 0.3 is 6.85 Å². The van der Waals surface area contributed by atoms with Crippen LogP contribution in [-0.4, -0.2) is 6.85 Å². The highest BCUT2D eigenvalue weighted by Crippen LogP contribution is 2.45. The highest BCUT2D eigenvalue weighted by atomic mass is 15.1. The molecule has 0 amide bonds. The zero-order valence-electron chi connectivity index (χ0n) is 26.1. The normalized spacial score (nSPS) is 12.7. The molecule has 0 bridgehead atoms. The highest BCUT2D eigenvalue weighted by Gasteiger charge is 2.42. The number of hydrogen-bond donors (Lipinski definition) is 0. The SMILES string of the molecule is Cc1cc2c3c(c1)-c1cc4ccccc4c4ccccc4c4ccccc4c4cccc(c14)B3N(c1ccccc1)c1ccccc1-2. The smallest absolute Gasteiger partial charge is 0.330 e.